The van der Waals surface area contributed by atoms with Crippen LogP contribution in [0.25, 0.3) is 5.65 Å². The molecule has 4 fully saturated rings. The second kappa shape index (κ2) is 5.16. The predicted octanol–water partition coefficient (Wildman–Crippen LogP) is 3.06. The second-order valence-electron chi connectivity index (χ2n) is 8.50. The van der Waals surface area contributed by atoms with Crippen molar-refractivity contribution in [2.45, 2.75) is 57.5 Å². The van der Waals surface area contributed by atoms with E-state index >= 15 is 0 Å². The van der Waals surface area contributed by atoms with E-state index in [2.05, 4.69) is 5.32 Å². The number of nitrogens with one attached hydrogen (secondary N) is 1. The van der Waals surface area contributed by atoms with Crippen LogP contribution in [-0.4, -0.2) is 14.9 Å². The zero-order chi connectivity index (χ0) is 16.3. The van der Waals surface area contributed by atoms with Crippen LogP contribution in [0, 0.1) is 24.7 Å². The highest BCUT2D eigenvalue weighted by molar-refractivity contribution is 5.40. The van der Waals surface area contributed by atoms with Crippen LogP contribution in [-0.2, 0) is 6.54 Å². The van der Waals surface area contributed by atoms with Crippen molar-refractivity contribution in [3.05, 3.63) is 46.0 Å². The Kier molecular flexibility index (Phi) is 3.15. The molecule has 0 aliphatic heterocycles. The third kappa shape index (κ3) is 2.31. The van der Waals surface area contributed by atoms with Gasteiger partial charge in [0.2, 0.25) is 0 Å². The Balaban J connectivity index is 1.41. The van der Waals surface area contributed by atoms with Crippen molar-refractivity contribution in [3.63, 3.8) is 0 Å². The summed E-state index contributed by atoms with van der Waals surface area (Å²) in [5, 5.41) is 3.84. The van der Waals surface area contributed by atoms with Gasteiger partial charge in [0.15, 0.2) is 0 Å². The van der Waals surface area contributed by atoms with Gasteiger partial charge in [-0.2, -0.15) is 0 Å². The van der Waals surface area contributed by atoms with Gasteiger partial charge in [0.25, 0.3) is 5.56 Å². The molecule has 4 heteroatoms. The summed E-state index contributed by atoms with van der Waals surface area (Å²) in [5.74, 6) is 2.80. The van der Waals surface area contributed by atoms with E-state index in [1.807, 2.05) is 25.1 Å². The molecule has 6 rings (SSSR count). The summed E-state index contributed by atoms with van der Waals surface area (Å²) >= 11 is 0. The summed E-state index contributed by atoms with van der Waals surface area (Å²) in [6, 6.07) is 7.53. The minimum atomic E-state index is 0.0282. The van der Waals surface area contributed by atoms with E-state index in [0.29, 0.717) is 12.1 Å². The summed E-state index contributed by atoms with van der Waals surface area (Å²) in [6.07, 6.45) is 8.33. The molecule has 0 radical (unpaired) electrons. The summed E-state index contributed by atoms with van der Waals surface area (Å²) in [7, 11) is 0. The zero-order valence-corrected chi connectivity index (χ0v) is 14.3. The van der Waals surface area contributed by atoms with E-state index < -0.39 is 0 Å². The number of aromatic nitrogens is 2. The molecule has 0 aromatic carbocycles. The van der Waals surface area contributed by atoms with Crippen LogP contribution < -0.4 is 10.9 Å². The molecule has 0 spiro atoms. The van der Waals surface area contributed by atoms with E-state index in [9.17, 15) is 4.79 Å². The Hall–Kier alpha value is -1.68. The highest BCUT2D eigenvalue weighted by Gasteiger charge is 2.50. The average Bonchev–Trinajstić information content (AvgIpc) is 2.51. The number of nitrogens with zero attached hydrogens (tertiary/aromatic N) is 2. The van der Waals surface area contributed by atoms with Gasteiger partial charge in [-0.1, -0.05) is 6.07 Å². The topological polar surface area (TPSA) is 46.4 Å². The van der Waals surface area contributed by atoms with E-state index in [4.69, 9.17) is 4.98 Å². The SMILES string of the molecule is Cc1cccc2nc(CNC34CC5CC(CC(C5)C3)C4)cc(=O)n12. The Morgan fingerprint density at radius 2 is 1.83 bits per heavy atom. The fraction of sp³-hybridized carbons (Fsp3) is 0.600. The van der Waals surface area contributed by atoms with Crippen LogP contribution in [0.15, 0.2) is 29.1 Å². The maximum Gasteiger partial charge on any atom is 0.258 e. The van der Waals surface area contributed by atoms with Crippen LogP contribution in [0.2, 0.25) is 0 Å². The standard InChI is InChI=1S/C20H25N3O/c1-13-3-2-4-18-22-17(8-19(24)23(13)18)12-21-20-9-14-5-15(10-20)7-16(6-14)11-20/h2-4,8,14-16,21H,5-7,9-12H2,1H3. The quantitative estimate of drug-likeness (QED) is 0.944. The lowest BCUT2D eigenvalue weighted by atomic mass is 9.53. The lowest BCUT2D eigenvalue weighted by Crippen LogP contribution is -2.58. The van der Waals surface area contributed by atoms with Crippen LogP contribution >= 0.6 is 0 Å². The first-order valence-electron chi connectivity index (χ1n) is 9.34. The number of rotatable bonds is 3. The number of pyridine rings is 1. The fourth-order valence-electron chi connectivity index (χ4n) is 6.06. The first-order chi connectivity index (χ1) is 11.6. The number of hydrogen-bond acceptors (Lipinski definition) is 3. The monoisotopic (exact) mass is 323 g/mol. The first-order valence-corrected chi connectivity index (χ1v) is 9.34. The van der Waals surface area contributed by atoms with Gasteiger partial charge in [0.1, 0.15) is 5.65 Å². The van der Waals surface area contributed by atoms with Gasteiger partial charge in [-0.15, -0.1) is 0 Å². The van der Waals surface area contributed by atoms with Crippen molar-refractivity contribution in [1.29, 1.82) is 0 Å². The van der Waals surface area contributed by atoms with E-state index in [-0.39, 0.29) is 5.56 Å². The third-order valence-corrected chi connectivity index (χ3v) is 6.62. The van der Waals surface area contributed by atoms with Crippen molar-refractivity contribution in [1.82, 2.24) is 14.7 Å². The van der Waals surface area contributed by atoms with Crippen LogP contribution in [0.1, 0.15) is 49.9 Å². The molecule has 4 aliphatic carbocycles. The summed E-state index contributed by atoms with van der Waals surface area (Å²) in [6.45, 7) is 2.66. The Labute approximate surface area is 142 Å². The van der Waals surface area contributed by atoms with Gasteiger partial charge in [0, 0.05) is 23.8 Å². The minimum absolute atomic E-state index is 0.0282. The zero-order valence-electron chi connectivity index (χ0n) is 14.3. The molecule has 0 saturated heterocycles. The molecule has 4 nitrogen and oxygen atoms in total. The van der Waals surface area contributed by atoms with E-state index in [1.54, 1.807) is 10.5 Å². The number of hydrogen-bond donors (Lipinski definition) is 1. The second-order valence-corrected chi connectivity index (χ2v) is 8.50. The molecular formula is C20H25N3O. The molecule has 0 amide bonds. The van der Waals surface area contributed by atoms with Gasteiger partial charge >= 0.3 is 0 Å². The average molecular weight is 323 g/mol. The predicted molar refractivity (Wildman–Crippen MR) is 93.9 cm³/mol. The molecule has 0 atom stereocenters. The number of aryl methyl sites for hydroxylation is 1. The molecule has 1 N–H and O–H groups in total. The summed E-state index contributed by atoms with van der Waals surface area (Å²) < 4.78 is 1.69. The van der Waals surface area contributed by atoms with Gasteiger partial charge in [-0.25, -0.2) is 4.98 Å². The van der Waals surface area contributed by atoms with Gasteiger partial charge in [-0.3, -0.25) is 9.20 Å². The van der Waals surface area contributed by atoms with Crippen molar-refractivity contribution in [2.24, 2.45) is 17.8 Å². The van der Waals surface area contributed by atoms with E-state index in [0.717, 1.165) is 34.8 Å². The normalized spacial score (nSPS) is 34.1. The lowest BCUT2D eigenvalue weighted by molar-refractivity contribution is -0.0207. The minimum Gasteiger partial charge on any atom is -0.306 e. The first kappa shape index (κ1) is 14.6. The Morgan fingerprint density at radius 3 is 2.50 bits per heavy atom. The van der Waals surface area contributed by atoms with Crippen molar-refractivity contribution >= 4 is 5.65 Å². The molecule has 24 heavy (non-hydrogen) atoms. The molecule has 126 valence electrons. The van der Waals surface area contributed by atoms with Crippen molar-refractivity contribution in [3.8, 4) is 0 Å². The lowest BCUT2D eigenvalue weighted by Gasteiger charge is -2.57. The van der Waals surface area contributed by atoms with Crippen molar-refractivity contribution < 1.29 is 0 Å². The smallest absolute Gasteiger partial charge is 0.258 e. The van der Waals surface area contributed by atoms with Gasteiger partial charge < -0.3 is 5.32 Å². The molecule has 4 bridgehead atoms. The highest BCUT2D eigenvalue weighted by Crippen LogP contribution is 2.55. The van der Waals surface area contributed by atoms with Crippen LogP contribution in [0.4, 0.5) is 0 Å². The number of fused-ring (bicyclic) bond motifs is 1. The Bertz CT molecular complexity index is 818. The maximum atomic E-state index is 12.4. The molecular weight excluding hydrogens is 298 g/mol. The van der Waals surface area contributed by atoms with Gasteiger partial charge in [0.05, 0.1) is 5.69 Å². The third-order valence-electron chi connectivity index (χ3n) is 6.62. The summed E-state index contributed by atoms with van der Waals surface area (Å²) in [5.41, 5.74) is 2.91. The molecule has 4 saturated carbocycles. The molecule has 4 aliphatic rings. The van der Waals surface area contributed by atoms with E-state index in [1.165, 1.54) is 38.5 Å². The maximum absolute atomic E-state index is 12.4. The largest absolute Gasteiger partial charge is 0.306 e. The molecule has 2 aromatic heterocycles. The highest BCUT2D eigenvalue weighted by atomic mass is 16.1. The summed E-state index contributed by atoms with van der Waals surface area (Å²) in [4.78, 5) is 17.2. The fourth-order valence-corrected chi connectivity index (χ4v) is 6.06. The van der Waals surface area contributed by atoms with Crippen molar-refractivity contribution in [2.75, 3.05) is 0 Å². The van der Waals surface area contributed by atoms with Gasteiger partial charge in [-0.05, 0) is 75.3 Å². The molecule has 2 aromatic rings. The molecule has 2 heterocycles. The molecule has 0 unspecified atom stereocenters. The van der Waals surface area contributed by atoms with Crippen LogP contribution in [0.3, 0.4) is 0 Å². The van der Waals surface area contributed by atoms with Crippen LogP contribution in [0.5, 0.6) is 0 Å². The Morgan fingerprint density at radius 1 is 1.17 bits per heavy atom.